The quantitative estimate of drug-likeness (QED) is 0.927. The number of hydrogen-bond acceptors (Lipinski definition) is 5. The van der Waals surface area contributed by atoms with E-state index >= 15 is 0 Å². The topological polar surface area (TPSA) is 79.2 Å². The Hall–Kier alpha value is -2.34. The summed E-state index contributed by atoms with van der Waals surface area (Å²) < 4.78 is 0. The molecule has 1 N–H and O–H groups in total. The lowest BCUT2D eigenvalue weighted by molar-refractivity contribution is -0.0704. The van der Waals surface area contributed by atoms with E-state index in [1.165, 1.54) is 0 Å². The number of rotatable bonds is 3. The summed E-state index contributed by atoms with van der Waals surface area (Å²) in [6.45, 7) is 3.99. The molecular formula is C19H22N4O2. The maximum Gasteiger partial charge on any atom is 0.273 e. The average Bonchev–Trinajstić information content (AvgIpc) is 2.60. The Morgan fingerprint density at radius 2 is 2.00 bits per heavy atom. The Kier molecular flexibility index (Phi) is 4.00. The molecule has 2 aliphatic heterocycles. The van der Waals surface area contributed by atoms with Gasteiger partial charge in [0.15, 0.2) is 5.82 Å². The second-order valence-corrected chi connectivity index (χ2v) is 7.13. The normalized spacial score (nSPS) is 27.7. The molecule has 2 aromatic rings. The number of carbonyl (C=O) groups is 1. The Morgan fingerprint density at radius 1 is 1.28 bits per heavy atom. The van der Waals surface area contributed by atoms with Crippen LogP contribution < -0.4 is 0 Å². The molecule has 2 bridgehead atoms. The predicted molar refractivity (Wildman–Crippen MR) is 92.7 cm³/mol. The van der Waals surface area contributed by atoms with Crippen LogP contribution in [-0.2, 0) is 0 Å². The SMILES string of the molecule is Cc1ccc(-c2ncccn2)c(C(=O)N2C3CC(C3)[C@H](C)C2CO)n1. The van der Waals surface area contributed by atoms with E-state index in [0.717, 1.165) is 18.5 Å². The molecule has 1 amide bonds. The maximum atomic E-state index is 13.4. The van der Waals surface area contributed by atoms with Gasteiger partial charge in [-0.05, 0) is 49.8 Å². The van der Waals surface area contributed by atoms with Gasteiger partial charge < -0.3 is 10.0 Å². The monoisotopic (exact) mass is 338 g/mol. The molecule has 1 aliphatic carbocycles. The number of piperidine rings is 2. The smallest absolute Gasteiger partial charge is 0.273 e. The molecule has 2 aromatic heterocycles. The van der Waals surface area contributed by atoms with Crippen molar-refractivity contribution in [2.45, 2.75) is 38.8 Å². The van der Waals surface area contributed by atoms with Crippen LogP contribution in [0.1, 0.15) is 35.9 Å². The number of aliphatic hydroxyl groups excluding tert-OH is 1. The van der Waals surface area contributed by atoms with Gasteiger partial charge in [-0.3, -0.25) is 4.79 Å². The number of aromatic nitrogens is 3. The van der Waals surface area contributed by atoms with Gasteiger partial charge in [0.2, 0.25) is 0 Å². The van der Waals surface area contributed by atoms with Crippen molar-refractivity contribution < 1.29 is 9.90 Å². The number of aryl methyl sites for hydroxylation is 1. The highest BCUT2D eigenvalue weighted by atomic mass is 16.3. The summed E-state index contributed by atoms with van der Waals surface area (Å²) >= 11 is 0. The molecule has 1 unspecified atom stereocenters. The molecule has 3 fully saturated rings. The summed E-state index contributed by atoms with van der Waals surface area (Å²) in [7, 11) is 0. The fourth-order valence-electron chi connectivity index (χ4n) is 4.16. The van der Waals surface area contributed by atoms with Gasteiger partial charge >= 0.3 is 0 Å². The van der Waals surface area contributed by atoms with E-state index in [4.69, 9.17) is 0 Å². The Morgan fingerprint density at radius 3 is 2.68 bits per heavy atom. The highest BCUT2D eigenvalue weighted by molar-refractivity contribution is 5.98. The highest BCUT2D eigenvalue weighted by Crippen LogP contribution is 2.46. The number of carbonyl (C=O) groups excluding carboxylic acids is 1. The lowest BCUT2D eigenvalue weighted by atomic mass is 9.64. The molecule has 25 heavy (non-hydrogen) atoms. The van der Waals surface area contributed by atoms with Crippen molar-refractivity contribution in [3.8, 4) is 11.4 Å². The summed E-state index contributed by atoms with van der Waals surface area (Å²) in [6.07, 6.45) is 5.36. The first-order valence-electron chi connectivity index (χ1n) is 8.78. The molecule has 2 atom stereocenters. The van der Waals surface area contributed by atoms with Crippen molar-refractivity contribution in [1.82, 2.24) is 19.9 Å². The van der Waals surface area contributed by atoms with Crippen LogP contribution in [0.5, 0.6) is 0 Å². The van der Waals surface area contributed by atoms with Gasteiger partial charge in [0.25, 0.3) is 5.91 Å². The van der Waals surface area contributed by atoms with Crippen LogP contribution in [0.2, 0.25) is 0 Å². The van der Waals surface area contributed by atoms with Gasteiger partial charge in [0.05, 0.1) is 18.2 Å². The van der Waals surface area contributed by atoms with Crippen molar-refractivity contribution in [1.29, 1.82) is 0 Å². The van der Waals surface area contributed by atoms with Crippen LogP contribution >= 0.6 is 0 Å². The predicted octanol–water partition coefficient (Wildman–Crippen LogP) is 2.08. The second-order valence-electron chi connectivity index (χ2n) is 7.13. The summed E-state index contributed by atoms with van der Waals surface area (Å²) in [5, 5.41) is 9.87. The van der Waals surface area contributed by atoms with Crippen LogP contribution in [0.3, 0.4) is 0 Å². The number of aliphatic hydroxyl groups is 1. The minimum atomic E-state index is -0.142. The molecule has 0 radical (unpaired) electrons. The minimum absolute atomic E-state index is 0.0110. The molecule has 0 spiro atoms. The molecular weight excluding hydrogens is 316 g/mol. The number of fused-ring (bicyclic) bond motifs is 2. The van der Waals surface area contributed by atoms with E-state index in [1.807, 2.05) is 24.0 Å². The molecule has 6 nitrogen and oxygen atoms in total. The van der Waals surface area contributed by atoms with Crippen LogP contribution in [0.15, 0.2) is 30.6 Å². The maximum absolute atomic E-state index is 13.4. The summed E-state index contributed by atoms with van der Waals surface area (Å²) in [5.41, 5.74) is 1.80. The Bertz CT molecular complexity index is 789. The van der Waals surface area contributed by atoms with Gasteiger partial charge in [-0.15, -0.1) is 0 Å². The van der Waals surface area contributed by atoms with Crippen LogP contribution in [0.4, 0.5) is 0 Å². The van der Waals surface area contributed by atoms with E-state index in [0.29, 0.717) is 28.9 Å². The molecule has 5 rings (SSSR count). The molecule has 6 heteroatoms. The molecule has 130 valence electrons. The highest BCUT2D eigenvalue weighted by Gasteiger charge is 2.50. The lowest BCUT2D eigenvalue weighted by Crippen LogP contribution is -2.64. The second kappa shape index (κ2) is 6.19. The van der Waals surface area contributed by atoms with Gasteiger partial charge in [-0.2, -0.15) is 0 Å². The Balaban J connectivity index is 1.76. The average molecular weight is 338 g/mol. The van der Waals surface area contributed by atoms with Crippen LogP contribution in [0.25, 0.3) is 11.4 Å². The molecule has 2 saturated heterocycles. The van der Waals surface area contributed by atoms with Crippen molar-refractivity contribution >= 4 is 5.91 Å². The minimum Gasteiger partial charge on any atom is -0.394 e. The van der Waals surface area contributed by atoms with Crippen molar-refractivity contribution in [3.63, 3.8) is 0 Å². The van der Waals surface area contributed by atoms with Crippen molar-refractivity contribution in [2.75, 3.05) is 6.61 Å². The zero-order valence-corrected chi connectivity index (χ0v) is 14.5. The largest absolute Gasteiger partial charge is 0.394 e. The number of hydrogen-bond donors (Lipinski definition) is 1. The Labute approximate surface area is 147 Å². The van der Waals surface area contributed by atoms with Gasteiger partial charge in [-0.25, -0.2) is 15.0 Å². The van der Waals surface area contributed by atoms with Gasteiger partial charge in [0.1, 0.15) is 5.69 Å². The zero-order valence-electron chi connectivity index (χ0n) is 14.5. The third-order valence-corrected chi connectivity index (χ3v) is 5.72. The van der Waals surface area contributed by atoms with Gasteiger partial charge in [0, 0.05) is 24.1 Å². The number of pyridine rings is 1. The lowest BCUT2D eigenvalue weighted by Gasteiger charge is -2.56. The van der Waals surface area contributed by atoms with Gasteiger partial charge in [-0.1, -0.05) is 6.92 Å². The first-order valence-corrected chi connectivity index (χ1v) is 8.78. The van der Waals surface area contributed by atoms with E-state index in [-0.39, 0.29) is 24.6 Å². The standard InChI is InChI=1S/C19H22N4O2/c1-11-4-5-15(18-20-6-3-7-21-18)17(22-11)19(25)23-14-8-13(9-14)12(2)16(23)10-24/h3-7,12-14,16,24H,8-10H2,1-2H3/t12-,13?,14?,16?/m0/s1. The third kappa shape index (κ3) is 2.61. The number of amides is 1. The third-order valence-electron chi connectivity index (χ3n) is 5.72. The molecule has 0 aromatic carbocycles. The first-order chi connectivity index (χ1) is 12.1. The number of nitrogens with zero attached hydrogens (tertiary/aromatic N) is 4. The first kappa shape index (κ1) is 16.1. The van der Waals surface area contributed by atoms with E-state index in [1.54, 1.807) is 18.5 Å². The summed E-state index contributed by atoms with van der Waals surface area (Å²) in [4.78, 5) is 28.3. The van der Waals surface area contributed by atoms with E-state index in [9.17, 15) is 9.90 Å². The molecule has 3 aliphatic rings. The van der Waals surface area contributed by atoms with E-state index < -0.39 is 0 Å². The molecule has 1 saturated carbocycles. The summed E-state index contributed by atoms with van der Waals surface area (Å²) in [5.74, 6) is 1.30. The van der Waals surface area contributed by atoms with E-state index in [2.05, 4.69) is 21.9 Å². The fraction of sp³-hybridized carbons (Fsp3) is 0.474. The zero-order chi connectivity index (χ0) is 17.6. The van der Waals surface area contributed by atoms with Crippen LogP contribution in [-0.4, -0.2) is 49.6 Å². The van der Waals surface area contributed by atoms with Crippen molar-refractivity contribution in [3.05, 3.63) is 42.0 Å². The molecule has 4 heterocycles. The van der Waals surface area contributed by atoms with Crippen LogP contribution in [0, 0.1) is 18.8 Å². The fourth-order valence-corrected chi connectivity index (χ4v) is 4.16. The summed E-state index contributed by atoms with van der Waals surface area (Å²) in [6, 6.07) is 5.53. The van der Waals surface area contributed by atoms with Crippen molar-refractivity contribution in [2.24, 2.45) is 11.8 Å².